The molecule has 0 radical (unpaired) electrons. The molecule has 1 heterocycles. The molecule has 7 nitrogen and oxygen atoms in total. The summed E-state index contributed by atoms with van der Waals surface area (Å²) >= 11 is 0. The molecule has 2 aromatic carbocycles. The molecule has 3 aromatic rings. The molecule has 0 atom stereocenters. The van der Waals surface area contributed by atoms with Crippen molar-refractivity contribution >= 4 is 17.8 Å². The number of carbonyl (C=O) groups is 2. The van der Waals surface area contributed by atoms with Gasteiger partial charge in [-0.05, 0) is 42.0 Å². The lowest BCUT2D eigenvalue weighted by Crippen LogP contribution is -2.25. The zero-order valence-electron chi connectivity index (χ0n) is 17.7. The molecule has 0 amide bonds. The SMILES string of the molecule is COCCn1cc(C(=O)c2ccccc2OC(=O)/C=C/c2cccc(F)c2)cc(C#N)c1=O. The summed E-state index contributed by atoms with van der Waals surface area (Å²) in [6.07, 6.45) is 3.85. The Labute approximate surface area is 188 Å². The number of ether oxygens (including phenoxy) is 2. The Bertz CT molecular complexity index is 1320. The van der Waals surface area contributed by atoms with E-state index in [0.29, 0.717) is 5.56 Å². The van der Waals surface area contributed by atoms with Gasteiger partial charge in [0.15, 0.2) is 5.78 Å². The van der Waals surface area contributed by atoms with Crippen molar-refractivity contribution in [2.24, 2.45) is 0 Å². The van der Waals surface area contributed by atoms with E-state index in [1.165, 1.54) is 60.3 Å². The maximum absolute atomic E-state index is 13.3. The number of methoxy groups -OCH3 is 1. The minimum absolute atomic E-state index is 0.00421. The minimum Gasteiger partial charge on any atom is -0.423 e. The molecule has 0 bridgehead atoms. The third kappa shape index (κ3) is 5.87. The van der Waals surface area contributed by atoms with E-state index in [0.717, 1.165) is 6.08 Å². The number of hydrogen-bond donors (Lipinski definition) is 0. The number of pyridine rings is 1. The first-order chi connectivity index (χ1) is 15.9. The maximum atomic E-state index is 13.3. The van der Waals surface area contributed by atoms with E-state index in [2.05, 4.69) is 0 Å². The van der Waals surface area contributed by atoms with Gasteiger partial charge in [-0.15, -0.1) is 0 Å². The van der Waals surface area contributed by atoms with Gasteiger partial charge in [-0.1, -0.05) is 24.3 Å². The molecule has 0 unspecified atom stereocenters. The number of carbonyl (C=O) groups excluding carboxylic acids is 2. The molecule has 0 aliphatic rings. The van der Waals surface area contributed by atoms with Gasteiger partial charge in [0.1, 0.15) is 23.2 Å². The first-order valence-electron chi connectivity index (χ1n) is 9.85. The third-order valence-electron chi connectivity index (χ3n) is 4.61. The summed E-state index contributed by atoms with van der Waals surface area (Å²) in [5.41, 5.74) is -0.0942. The second-order valence-corrected chi connectivity index (χ2v) is 6.88. The number of aromatic nitrogens is 1. The molecule has 3 rings (SSSR count). The Morgan fingerprint density at radius 1 is 1.15 bits per heavy atom. The summed E-state index contributed by atoms with van der Waals surface area (Å²) in [6.45, 7) is 0.376. The number of esters is 1. The Morgan fingerprint density at radius 2 is 1.94 bits per heavy atom. The zero-order chi connectivity index (χ0) is 23.8. The average molecular weight is 446 g/mol. The summed E-state index contributed by atoms with van der Waals surface area (Å²) in [5.74, 6) is -1.73. The highest BCUT2D eigenvalue weighted by Gasteiger charge is 2.19. The number of nitrogens with zero attached hydrogens (tertiary/aromatic N) is 2. The van der Waals surface area contributed by atoms with Crippen LogP contribution in [0.1, 0.15) is 27.0 Å². The summed E-state index contributed by atoms with van der Waals surface area (Å²) in [6, 6.07) is 14.8. The van der Waals surface area contributed by atoms with Crippen LogP contribution in [-0.4, -0.2) is 30.0 Å². The third-order valence-corrected chi connectivity index (χ3v) is 4.61. The smallest absolute Gasteiger partial charge is 0.336 e. The standard InChI is InChI=1S/C25H19FN2O5/c1-32-12-11-28-16-19(14-18(15-27)25(28)31)24(30)21-7-2-3-8-22(21)33-23(29)10-9-17-5-4-6-20(26)13-17/h2-10,13-14,16H,11-12H2,1H3/b10-9+. The number of rotatable bonds is 8. The topological polar surface area (TPSA) is 98.4 Å². The van der Waals surface area contributed by atoms with Crippen molar-refractivity contribution < 1.29 is 23.5 Å². The monoisotopic (exact) mass is 446 g/mol. The van der Waals surface area contributed by atoms with Gasteiger partial charge in [-0.3, -0.25) is 9.59 Å². The lowest BCUT2D eigenvalue weighted by Gasteiger charge is -2.11. The van der Waals surface area contributed by atoms with Gasteiger partial charge in [0.25, 0.3) is 5.56 Å². The lowest BCUT2D eigenvalue weighted by atomic mass is 10.0. The average Bonchev–Trinajstić information content (AvgIpc) is 2.82. The van der Waals surface area contributed by atoms with Crippen LogP contribution in [0.3, 0.4) is 0 Å². The van der Waals surface area contributed by atoms with Gasteiger partial charge in [0.2, 0.25) is 0 Å². The summed E-state index contributed by atoms with van der Waals surface area (Å²) < 4.78 is 24.8. The van der Waals surface area contributed by atoms with E-state index >= 15 is 0 Å². The normalized spacial score (nSPS) is 10.7. The molecule has 8 heteroatoms. The van der Waals surface area contributed by atoms with Crippen LogP contribution in [0.4, 0.5) is 4.39 Å². The largest absolute Gasteiger partial charge is 0.423 e. The van der Waals surface area contributed by atoms with Crippen molar-refractivity contribution in [1.29, 1.82) is 5.26 Å². The van der Waals surface area contributed by atoms with Crippen LogP contribution in [-0.2, 0) is 16.1 Å². The van der Waals surface area contributed by atoms with Crippen molar-refractivity contribution in [1.82, 2.24) is 4.57 Å². The zero-order valence-corrected chi connectivity index (χ0v) is 17.7. The fourth-order valence-electron chi connectivity index (χ4n) is 3.01. The predicted molar refractivity (Wildman–Crippen MR) is 118 cm³/mol. The van der Waals surface area contributed by atoms with Crippen molar-refractivity contribution in [3.05, 3.63) is 105 Å². The van der Waals surface area contributed by atoms with Gasteiger partial charge in [0, 0.05) is 31.5 Å². The van der Waals surface area contributed by atoms with Crippen molar-refractivity contribution in [2.45, 2.75) is 6.54 Å². The second-order valence-electron chi connectivity index (χ2n) is 6.88. The van der Waals surface area contributed by atoms with Crippen molar-refractivity contribution in [2.75, 3.05) is 13.7 Å². The number of nitriles is 1. The highest BCUT2D eigenvalue weighted by atomic mass is 19.1. The molecular weight excluding hydrogens is 427 g/mol. The second kappa shape index (κ2) is 10.8. The van der Waals surface area contributed by atoms with E-state index in [1.807, 2.05) is 0 Å². The van der Waals surface area contributed by atoms with E-state index in [4.69, 9.17) is 9.47 Å². The van der Waals surface area contributed by atoms with Gasteiger partial charge in [0.05, 0.1) is 12.2 Å². The van der Waals surface area contributed by atoms with Crippen LogP contribution in [0.2, 0.25) is 0 Å². The van der Waals surface area contributed by atoms with Gasteiger partial charge in [-0.25, -0.2) is 9.18 Å². The fraction of sp³-hybridized carbons (Fsp3) is 0.120. The molecule has 0 saturated carbocycles. The molecule has 0 N–H and O–H groups in total. The fourth-order valence-corrected chi connectivity index (χ4v) is 3.01. The number of benzene rings is 2. The molecule has 0 fully saturated rings. The van der Waals surface area contributed by atoms with E-state index in [9.17, 15) is 24.0 Å². The van der Waals surface area contributed by atoms with Crippen LogP contribution < -0.4 is 10.3 Å². The molecule has 0 saturated heterocycles. The van der Waals surface area contributed by atoms with Crippen molar-refractivity contribution in [3.63, 3.8) is 0 Å². The molecule has 0 aliphatic carbocycles. The summed E-state index contributed by atoms with van der Waals surface area (Å²) in [4.78, 5) is 37.8. The highest BCUT2D eigenvalue weighted by Crippen LogP contribution is 2.22. The van der Waals surface area contributed by atoms with Gasteiger partial charge in [-0.2, -0.15) is 5.26 Å². The minimum atomic E-state index is -0.762. The summed E-state index contributed by atoms with van der Waals surface area (Å²) in [7, 11) is 1.47. The van der Waals surface area contributed by atoms with Crippen molar-refractivity contribution in [3.8, 4) is 11.8 Å². The Morgan fingerprint density at radius 3 is 2.67 bits per heavy atom. The Balaban J connectivity index is 1.88. The van der Waals surface area contributed by atoms with E-state index in [1.54, 1.807) is 24.3 Å². The summed E-state index contributed by atoms with van der Waals surface area (Å²) in [5, 5.41) is 9.28. The lowest BCUT2D eigenvalue weighted by molar-refractivity contribution is -0.128. The molecule has 0 spiro atoms. The predicted octanol–water partition coefficient (Wildman–Crippen LogP) is 3.36. The molecular formula is C25H19FN2O5. The first-order valence-corrected chi connectivity index (χ1v) is 9.85. The van der Waals surface area contributed by atoms with Crippen LogP contribution >= 0.6 is 0 Å². The number of halogens is 1. The first kappa shape index (κ1) is 23.3. The quantitative estimate of drug-likeness (QED) is 0.228. The highest BCUT2D eigenvalue weighted by molar-refractivity contribution is 6.11. The molecule has 166 valence electrons. The number of para-hydroxylation sites is 1. The number of ketones is 1. The van der Waals surface area contributed by atoms with E-state index < -0.39 is 23.1 Å². The molecule has 33 heavy (non-hydrogen) atoms. The van der Waals surface area contributed by atoms with Crippen LogP contribution in [0.15, 0.2) is 71.7 Å². The Hall–Kier alpha value is -4.35. The van der Waals surface area contributed by atoms with Crippen LogP contribution in [0.25, 0.3) is 6.08 Å². The van der Waals surface area contributed by atoms with Gasteiger partial charge < -0.3 is 14.0 Å². The number of hydrogen-bond acceptors (Lipinski definition) is 6. The van der Waals surface area contributed by atoms with Crippen LogP contribution in [0.5, 0.6) is 5.75 Å². The molecule has 1 aromatic heterocycles. The Kier molecular flexibility index (Phi) is 7.63. The van der Waals surface area contributed by atoms with Gasteiger partial charge >= 0.3 is 5.97 Å². The molecule has 0 aliphatic heterocycles. The van der Waals surface area contributed by atoms with E-state index in [-0.39, 0.29) is 35.6 Å². The van der Waals surface area contributed by atoms with Crippen LogP contribution in [0, 0.1) is 17.1 Å². The maximum Gasteiger partial charge on any atom is 0.336 e.